The van der Waals surface area contributed by atoms with Gasteiger partial charge in [0.15, 0.2) is 5.15 Å². The van der Waals surface area contributed by atoms with Crippen LogP contribution in [0.3, 0.4) is 0 Å². The standard InChI is InChI=1S/C13H11Cl2FN2/c1-8-4-12(13(15)18-6-8)17-7-9-5-10(14)2-3-11(9)16/h2-6,17H,7H2,1H3. The summed E-state index contributed by atoms with van der Waals surface area (Å²) in [6.07, 6.45) is 1.67. The van der Waals surface area contributed by atoms with Crippen LogP contribution in [0.5, 0.6) is 0 Å². The molecule has 0 bridgehead atoms. The fourth-order valence-electron chi connectivity index (χ4n) is 1.55. The van der Waals surface area contributed by atoms with Gasteiger partial charge in [0.25, 0.3) is 0 Å². The molecule has 0 spiro atoms. The molecule has 0 saturated heterocycles. The molecule has 1 aromatic carbocycles. The molecule has 0 aliphatic rings. The molecule has 1 heterocycles. The number of aromatic nitrogens is 1. The highest BCUT2D eigenvalue weighted by Crippen LogP contribution is 2.22. The third-order valence-electron chi connectivity index (χ3n) is 2.45. The topological polar surface area (TPSA) is 24.9 Å². The van der Waals surface area contributed by atoms with E-state index in [1.54, 1.807) is 12.3 Å². The van der Waals surface area contributed by atoms with Crippen LogP contribution in [-0.2, 0) is 6.54 Å². The zero-order valence-corrected chi connectivity index (χ0v) is 11.2. The zero-order chi connectivity index (χ0) is 13.1. The van der Waals surface area contributed by atoms with Gasteiger partial charge in [-0.1, -0.05) is 23.2 Å². The molecule has 0 amide bonds. The quantitative estimate of drug-likeness (QED) is 0.843. The lowest BCUT2D eigenvalue weighted by Crippen LogP contribution is -2.03. The highest BCUT2D eigenvalue weighted by Gasteiger charge is 2.05. The van der Waals surface area contributed by atoms with Crippen molar-refractivity contribution in [1.29, 1.82) is 0 Å². The van der Waals surface area contributed by atoms with Crippen molar-refractivity contribution in [1.82, 2.24) is 4.98 Å². The molecule has 2 rings (SSSR count). The zero-order valence-electron chi connectivity index (χ0n) is 9.67. The second-order valence-corrected chi connectivity index (χ2v) is 4.73. The maximum Gasteiger partial charge on any atom is 0.152 e. The van der Waals surface area contributed by atoms with Crippen molar-refractivity contribution in [3.8, 4) is 0 Å². The lowest BCUT2D eigenvalue weighted by atomic mass is 10.2. The summed E-state index contributed by atoms with van der Waals surface area (Å²) in [4.78, 5) is 4.01. The molecule has 18 heavy (non-hydrogen) atoms. The third-order valence-corrected chi connectivity index (χ3v) is 2.99. The Morgan fingerprint density at radius 2 is 2.06 bits per heavy atom. The minimum absolute atomic E-state index is 0.302. The van der Waals surface area contributed by atoms with Gasteiger partial charge in [0, 0.05) is 23.3 Å². The number of anilines is 1. The number of nitrogens with one attached hydrogen (secondary N) is 1. The normalized spacial score (nSPS) is 10.4. The highest BCUT2D eigenvalue weighted by molar-refractivity contribution is 6.32. The fraction of sp³-hybridized carbons (Fsp3) is 0.154. The van der Waals surface area contributed by atoms with Crippen LogP contribution in [0.4, 0.5) is 10.1 Å². The molecular formula is C13H11Cl2FN2. The molecule has 0 fully saturated rings. The summed E-state index contributed by atoms with van der Waals surface area (Å²) in [5.74, 6) is -0.302. The first-order valence-electron chi connectivity index (χ1n) is 5.36. The summed E-state index contributed by atoms with van der Waals surface area (Å²) in [5.41, 5.74) is 2.14. The van der Waals surface area contributed by atoms with Crippen molar-refractivity contribution >= 4 is 28.9 Å². The van der Waals surface area contributed by atoms with Crippen molar-refractivity contribution in [2.45, 2.75) is 13.5 Å². The second kappa shape index (κ2) is 5.55. The Kier molecular flexibility index (Phi) is 4.04. The molecule has 0 saturated carbocycles. The summed E-state index contributed by atoms with van der Waals surface area (Å²) < 4.78 is 13.5. The maximum absolute atomic E-state index is 13.5. The van der Waals surface area contributed by atoms with E-state index in [0.29, 0.717) is 28.0 Å². The molecule has 94 valence electrons. The summed E-state index contributed by atoms with van der Waals surface area (Å²) in [5, 5.41) is 3.91. The number of hydrogen-bond donors (Lipinski definition) is 1. The van der Waals surface area contributed by atoms with Crippen molar-refractivity contribution in [3.63, 3.8) is 0 Å². The number of pyridine rings is 1. The summed E-state index contributed by atoms with van der Waals surface area (Å²) in [7, 11) is 0. The van der Waals surface area contributed by atoms with E-state index >= 15 is 0 Å². The van der Waals surface area contributed by atoms with Crippen LogP contribution in [0.2, 0.25) is 10.2 Å². The number of benzene rings is 1. The maximum atomic E-state index is 13.5. The van der Waals surface area contributed by atoms with Crippen molar-refractivity contribution in [3.05, 3.63) is 57.6 Å². The Balaban J connectivity index is 2.16. The molecule has 0 radical (unpaired) electrons. The first-order chi connectivity index (χ1) is 8.56. The summed E-state index contributed by atoms with van der Waals surface area (Å²) in [6.45, 7) is 2.21. The molecule has 1 N–H and O–H groups in total. The van der Waals surface area contributed by atoms with Gasteiger partial charge < -0.3 is 5.32 Å². The minimum atomic E-state index is -0.302. The van der Waals surface area contributed by atoms with Gasteiger partial charge >= 0.3 is 0 Å². The number of hydrogen-bond acceptors (Lipinski definition) is 2. The van der Waals surface area contributed by atoms with Crippen LogP contribution in [0, 0.1) is 12.7 Å². The molecule has 0 aliphatic heterocycles. The summed E-state index contributed by atoms with van der Waals surface area (Å²) >= 11 is 11.8. The Morgan fingerprint density at radius 3 is 2.83 bits per heavy atom. The number of aryl methyl sites for hydroxylation is 1. The van der Waals surface area contributed by atoms with Crippen molar-refractivity contribution in [2.24, 2.45) is 0 Å². The highest BCUT2D eigenvalue weighted by atomic mass is 35.5. The van der Waals surface area contributed by atoms with Crippen molar-refractivity contribution in [2.75, 3.05) is 5.32 Å². The van der Waals surface area contributed by atoms with Gasteiger partial charge in [0.05, 0.1) is 5.69 Å². The van der Waals surface area contributed by atoms with E-state index in [2.05, 4.69) is 10.3 Å². The molecule has 2 aromatic rings. The van der Waals surface area contributed by atoms with Gasteiger partial charge in [-0.2, -0.15) is 0 Å². The van der Waals surface area contributed by atoms with Gasteiger partial charge in [0.1, 0.15) is 5.82 Å². The minimum Gasteiger partial charge on any atom is -0.378 e. The monoisotopic (exact) mass is 284 g/mol. The van der Waals surface area contributed by atoms with Gasteiger partial charge in [-0.3, -0.25) is 0 Å². The molecule has 0 aliphatic carbocycles. The average Bonchev–Trinajstić information content (AvgIpc) is 2.34. The molecule has 0 unspecified atom stereocenters. The number of nitrogens with zero attached hydrogens (tertiary/aromatic N) is 1. The van der Waals surface area contributed by atoms with Gasteiger partial charge in [0.2, 0.25) is 0 Å². The first-order valence-corrected chi connectivity index (χ1v) is 6.12. The lowest BCUT2D eigenvalue weighted by Gasteiger charge is -2.09. The predicted octanol–water partition coefficient (Wildman–Crippen LogP) is 4.45. The molecule has 2 nitrogen and oxygen atoms in total. The Labute approximate surface area is 115 Å². The SMILES string of the molecule is Cc1cnc(Cl)c(NCc2cc(Cl)ccc2F)c1. The smallest absolute Gasteiger partial charge is 0.152 e. The molecular weight excluding hydrogens is 274 g/mol. The van der Waals surface area contributed by atoms with E-state index in [0.717, 1.165) is 5.56 Å². The van der Waals surface area contributed by atoms with E-state index in [4.69, 9.17) is 23.2 Å². The Morgan fingerprint density at radius 1 is 1.28 bits per heavy atom. The van der Waals surface area contributed by atoms with Gasteiger partial charge in [-0.15, -0.1) is 0 Å². The Bertz CT molecular complexity index is 521. The predicted molar refractivity (Wildman–Crippen MR) is 72.7 cm³/mol. The summed E-state index contributed by atoms with van der Waals surface area (Å²) in [6, 6.07) is 6.30. The van der Waals surface area contributed by atoms with E-state index in [1.807, 2.05) is 13.0 Å². The largest absolute Gasteiger partial charge is 0.378 e. The van der Waals surface area contributed by atoms with Crippen LogP contribution in [0.1, 0.15) is 11.1 Å². The average molecular weight is 285 g/mol. The fourth-order valence-corrected chi connectivity index (χ4v) is 1.91. The van der Waals surface area contributed by atoms with Crippen molar-refractivity contribution < 1.29 is 4.39 Å². The number of halogens is 3. The van der Waals surface area contributed by atoms with E-state index < -0.39 is 0 Å². The van der Waals surface area contributed by atoms with Crippen LogP contribution in [0.15, 0.2) is 30.5 Å². The van der Waals surface area contributed by atoms with Crippen LogP contribution < -0.4 is 5.32 Å². The van der Waals surface area contributed by atoms with Crippen LogP contribution in [0.25, 0.3) is 0 Å². The van der Waals surface area contributed by atoms with Crippen LogP contribution in [-0.4, -0.2) is 4.98 Å². The Hall–Kier alpha value is -1.32. The van der Waals surface area contributed by atoms with Crippen LogP contribution >= 0.6 is 23.2 Å². The lowest BCUT2D eigenvalue weighted by molar-refractivity contribution is 0.613. The van der Waals surface area contributed by atoms with E-state index in [-0.39, 0.29) is 5.82 Å². The first kappa shape index (κ1) is 13.1. The molecule has 1 aromatic heterocycles. The van der Waals surface area contributed by atoms with E-state index in [1.165, 1.54) is 12.1 Å². The van der Waals surface area contributed by atoms with Gasteiger partial charge in [-0.25, -0.2) is 9.37 Å². The van der Waals surface area contributed by atoms with E-state index in [9.17, 15) is 4.39 Å². The molecule has 5 heteroatoms. The van der Waals surface area contributed by atoms with Gasteiger partial charge in [-0.05, 0) is 36.8 Å². The molecule has 0 atom stereocenters. The second-order valence-electron chi connectivity index (χ2n) is 3.94. The number of rotatable bonds is 3. The third kappa shape index (κ3) is 3.12.